The Hall–Kier alpha value is -3.36. The number of fused-ring (bicyclic) bond motifs is 1. The number of benzene rings is 1. The highest BCUT2D eigenvalue weighted by Crippen LogP contribution is 2.26. The van der Waals surface area contributed by atoms with Gasteiger partial charge in [-0.15, -0.1) is 0 Å². The van der Waals surface area contributed by atoms with Gasteiger partial charge in [0, 0.05) is 23.2 Å². The second-order valence-electron chi connectivity index (χ2n) is 6.69. The SMILES string of the molecule is CCOC(=O)C(C=Nc1ncnc2ccc(NC(=O)C(CC)CC)cc12)C(=O)OCC. The molecule has 0 fully saturated rings. The Kier molecular flexibility index (Phi) is 9.05. The number of carbonyl (C=O) groups excluding carboxylic acids is 3. The molecule has 9 heteroatoms. The number of carbonyl (C=O) groups is 3. The van der Waals surface area contributed by atoms with Gasteiger partial charge in [-0.1, -0.05) is 13.8 Å². The van der Waals surface area contributed by atoms with Gasteiger partial charge in [-0.3, -0.25) is 14.4 Å². The summed E-state index contributed by atoms with van der Waals surface area (Å²) in [5.74, 6) is -2.68. The molecule has 1 N–H and O–H groups in total. The van der Waals surface area contributed by atoms with Crippen molar-refractivity contribution < 1.29 is 23.9 Å². The molecule has 1 amide bonds. The van der Waals surface area contributed by atoms with Gasteiger partial charge in [-0.2, -0.15) is 0 Å². The predicted molar refractivity (Wildman–Crippen MR) is 117 cm³/mol. The van der Waals surface area contributed by atoms with Crippen molar-refractivity contribution in [1.82, 2.24) is 9.97 Å². The van der Waals surface area contributed by atoms with Crippen LogP contribution in [-0.2, 0) is 23.9 Å². The number of amides is 1. The number of anilines is 1. The van der Waals surface area contributed by atoms with E-state index in [0.717, 1.165) is 19.1 Å². The molecule has 2 rings (SSSR count). The minimum absolute atomic E-state index is 0.0593. The van der Waals surface area contributed by atoms with Crippen LogP contribution >= 0.6 is 0 Å². The molecule has 9 nitrogen and oxygen atoms in total. The van der Waals surface area contributed by atoms with E-state index in [9.17, 15) is 14.4 Å². The number of esters is 2. The van der Waals surface area contributed by atoms with Gasteiger partial charge in [-0.25, -0.2) is 15.0 Å². The summed E-state index contributed by atoms with van der Waals surface area (Å²) in [6.07, 6.45) is 3.99. The van der Waals surface area contributed by atoms with E-state index < -0.39 is 17.9 Å². The first-order valence-corrected chi connectivity index (χ1v) is 10.4. The van der Waals surface area contributed by atoms with Crippen molar-refractivity contribution in [3.63, 3.8) is 0 Å². The maximum atomic E-state index is 12.4. The average molecular weight is 428 g/mol. The number of aromatic nitrogens is 2. The first kappa shape index (κ1) is 23.9. The number of hydrogen-bond acceptors (Lipinski definition) is 8. The summed E-state index contributed by atoms with van der Waals surface area (Å²) in [4.78, 5) is 49.3. The molecule has 166 valence electrons. The Labute approximate surface area is 181 Å². The van der Waals surface area contributed by atoms with E-state index in [-0.39, 0.29) is 30.9 Å². The van der Waals surface area contributed by atoms with Crippen LogP contribution < -0.4 is 5.32 Å². The molecule has 1 aromatic heterocycles. The molecule has 0 unspecified atom stereocenters. The first-order valence-electron chi connectivity index (χ1n) is 10.4. The third kappa shape index (κ3) is 6.31. The van der Waals surface area contributed by atoms with Crippen molar-refractivity contribution in [2.75, 3.05) is 18.5 Å². The van der Waals surface area contributed by atoms with Crippen molar-refractivity contribution in [2.24, 2.45) is 16.8 Å². The zero-order valence-electron chi connectivity index (χ0n) is 18.3. The van der Waals surface area contributed by atoms with Crippen LogP contribution in [0.3, 0.4) is 0 Å². The van der Waals surface area contributed by atoms with Gasteiger partial charge in [0.05, 0.1) is 18.7 Å². The van der Waals surface area contributed by atoms with E-state index >= 15 is 0 Å². The minimum atomic E-state index is -1.30. The fourth-order valence-electron chi connectivity index (χ4n) is 2.95. The van der Waals surface area contributed by atoms with Gasteiger partial charge < -0.3 is 14.8 Å². The number of aliphatic imine (C=N–C) groups is 1. The highest BCUT2D eigenvalue weighted by atomic mass is 16.6. The lowest BCUT2D eigenvalue weighted by molar-refractivity contribution is -0.157. The Morgan fingerprint density at radius 3 is 2.26 bits per heavy atom. The Morgan fingerprint density at radius 2 is 1.68 bits per heavy atom. The van der Waals surface area contributed by atoms with Crippen LogP contribution in [0.4, 0.5) is 11.5 Å². The summed E-state index contributed by atoms with van der Waals surface area (Å²) in [5.41, 5.74) is 1.19. The molecule has 0 aliphatic carbocycles. The largest absolute Gasteiger partial charge is 0.465 e. The van der Waals surface area contributed by atoms with Crippen LogP contribution in [0.1, 0.15) is 40.5 Å². The second-order valence-corrected chi connectivity index (χ2v) is 6.69. The number of ether oxygens (including phenoxy) is 2. The lowest BCUT2D eigenvalue weighted by Gasteiger charge is -2.13. The molecule has 0 bridgehead atoms. The van der Waals surface area contributed by atoms with Gasteiger partial charge >= 0.3 is 11.9 Å². The second kappa shape index (κ2) is 11.7. The molecule has 2 aromatic rings. The van der Waals surface area contributed by atoms with E-state index in [2.05, 4.69) is 20.3 Å². The molecular formula is C22H28N4O5. The molecule has 0 saturated carbocycles. The van der Waals surface area contributed by atoms with E-state index in [1.807, 2.05) is 13.8 Å². The number of rotatable bonds is 10. The van der Waals surface area contributed by atoms with Crippen molar-refractivity contribution in [3.05, 3.63) is 24.5 Å². The molecule has 1 heterocycles. The normalized spacial score (nSPS) is 11.3. The van der Waals surface area contributed by atoms with Crippen LogP contribution in [0.2, 0.25) is 0 Å². The van der Waals surface area contributed by atoms with Gasteiger partial charge in [0.15, 0.2) is 11.7 Å². The number of nitrogens with zero attached hydrogens (tertiary/aromatic N) is 3. The monoisotopic (exact) mass is 428 g/mol. The average Bonchev–Trinajstić information content (AvgIpc) is 2.75. The topological polar surface area (TPSA) is 120 Å². The zero-order chi connectivity index (χ0) is 22.8. The maximum absolute atomic E-state index is 12.4. The molecule has 0 radical (unpaired) electrons. The molecular weight excluding hydrogens is 400 g/mol. The van der Waals surface area contributed by atoms with Crippen LogP contribution in [-0.4, -0.2) is 47.2 Å². The molecule has 0 aliphatic heterocycles. The molecule has 0 atom stereocenters. The fraction of sp³-hybridized carbons (Fsp3) is 0.455. The van der Waals surface area contributed by atoms with Crippen LogP contribution in [0.15, 0.2) is 29.5 Å². The maximum Gasteiger partial charge on any atom is 0.325 e. The summed E-state index contributed by atoms with van der Waals surface area (Å²) in [6.45, 7) is 7.48. The highest BCUT2D eigenvalue weighted by molar-refractivity contribution is 6.10. The highest BCUT2D eigenvalue weighted by Gasteiger charge is 2.28. The lowest BCUT2D eigenvalue weighted by atomic mass is 10.0. The number of hydrogen-bond donors (Lipinski definition) is 1. The van der Waals surface area contributed by atoms with Crippen LogP contribution in [0, 0.1) is 11.8 Å². The van der Waals surface area contributed by atoms with Crippen molar-refractivity contribution >= 4 is 46.5 Å². The summed E-state index contributed by atoms with van der Waals surface area (Å²) in [5, 5.41) is 3.47. The van der Waals surface area contributed by atoms with Crippen molar-refractivity contribution in [3.8, 4) is 0 Å². The summed E-state index contributed by atoms with van der Waals surface area (Å²) < 4.78 is 9.89. The van der Waals surface area contributed by atoms with Gasteiger partial charge in [0.1, 0.15) is 6.33 Å². The quantitative estimate of drug-likeness (QED) is 0.349. The first-order chi connectivity index (χ1) is 14.9. The van der Waals surface area contributed by atoms with E-state index in [4.69, 9.17) is 9.47 Å². The zero-order valence-corrected chi connectivity index (χ0v) is 18.3. The van der Waals surface area contributed by atoms with Crippen molar-refractivity contribution in [2.45, 2.75) is 40.5 Å². The lowest BCUT2D eigenvalue weighted by Crippen LogP contribution is -2.29. The molecule has 0 spiro atoms. The minimum Gasteiger partial charge on any atom is -0.465 e. The summed E-state index contributed by atoms with van der Waals surface area (Å²) in [6, 6.07) is 5.21. The number of nitrogens with one attached hydrogen (secondary N) is 1. The van der Waals surface area contributed by atoms with E-state index in [0.29, 0.717) is 16.6 Å². The van der Waals surface area contributed by atoms with Gasteiger partial charge in [-0.05, 0) is 44.9 Å². The third-order valence-corrected chi connectivity index (χ3v) is 4.67. The van der Waals surface area contributed by atoms with Crippen LogP contribution in [0.25, 0.3) is 10.9 Å². The Bertz CT molecular complexity index is 938. The van der Waals surface area contributed by atoms with Gasteiger partial charge in [0.2, 0.25) is 5.91 Å². The molecule has 0 saturated heterocycles. The Balaban J connectivity index is 2.36. The molecule has 1 aromatic carbocycles. The van der Waals surface area contributed by atoms with E-state index in [1.165, 1.54) is 6.33 Å². The Morgan fingerprint density at radius 1 is 1.03 bits per heavy atom. The molecule has 0 aliphatic rings. The standard InChI is InChI=1S/C22H28N4O5/c1-5-14(6-2)20(27)26-15-9-10-18-16(11-15)19(25-13-24-18)23-12-17(21(28)30-7-3)22(29)31-8-4/h9-14,17H,5-8H2,1-4H3,(H,26,27). The van der Waals surface area contributed by atoms with E-state index in [1.54, 1.807) is 32.0 Å². The summed E-state index contributed by atoms with van der Waals surface area (Å²) in [7, 11) is 0. The van der Waals surface area contributed by atoms with Crippen molar-refractivity contribution in [1.29, 1.82) is 0 Å². The predicted octanol–water partition coefficient (Wildman–Crippen LogP) is 3.45. The van der Waals surface area contributed by atoms with Crippen LogP contribution in [0.5, 0.6) is 0 Å². The van der Waals surface area contributed by atoms with Gasteiger partial charge in [0.25, 0.3) is 0 Å². The smallest absolute Gasteiger partial charge is 0.325 e. The molecule has 31 heavy (non-hydrogen) atoms. The summed E-state index contributed by atoms with van der Waals surface area (Å²) >= 11 is 0. The fourth-order valence-corrected chi connectivity index (χ4v) is 2.95. The third-order valence-electron chi connectivity index (χ3n) is 4.67.